The summed E-state index contributed by atoms with van der Waals surface area (Å²) in [6.45, 7) is 3.30. The molecular weight excluding hydrogens is 254 g/mol. The average molecular weight is 281 g/mol. The molecule has 0 fully saturated rings. The van der Waals surface area contributed by atoms with E-state index in [0.29, 0.717) is 13.2 Å². The van der Waals surface area contributed by atoms with Crippen LogP contribution >= 0.6 is 0 Å². The van der Waals surface area contributed by atoms with Crippen molar-refractivity contribution in [1.29, 1.82) is 0 Å². The van der Waals surface area contributed by atoms with Crippen LogP contribution in [0, 0.1) is 0 Å². The van der Waals surface area contributed by atoms with Crippen molar-refractivity contribution in [2.24, 2.45) is 0 Å². The van der Waals surface area contributed by atoms with E-state index in [9.17, 15) is 0 Å². The number of rotatable bonds is 10. The van der Waals surface area contributed by atoms with Gasteiger partial charge in [-0.3, -0.25) is 0 Å². The van der Waals surface area contributed by atoms with E-state index in [2.05, 4.69) is 18.3 Å². The highest BCUT2D eigenvalue weighted by molar-refractivity contribution is 5.36. The van der Waals surface area contributed by atoms with Gasteiger partial charge in [0.05, 0.1) is 18.8 Å². The molecule has 0 heterocycles. The molecule has 0 radical (unpaired) electrons. The molecule has 1 aromatic rings. The summed E-state index contributed by atoms with van der Waals surface area (Å²) < 4.78 is 16.5. The van der Waals surface area contributed by atoms with Gasteiger partial charge in [0.1, 0.15) is 12.4 Å². The van der Waals surface area contributed by atoms with Gasteiger partial charge in [-0.1, -0.05) is 31.5 Å². The number of likely N-dealkylation sites (N-methyl/N-ethyl adjacent to an activating group) is 1. The van der Waals surface area contributed by atoms with Crippen molar-refractivity contribution in [2.45, 2.75) is 31.9 Å². The van der Waals surface area contributed by atoms with Gasteiger partial charge in [0, 0.05) is 19.8 Å². The summed E-state index contributed by atoms with van der Waals surface area (Å²) in [6, 6.07) is 8.22. The molecule has 0 aliphatic rings. The Hall–Kier alpha value is -1.10. The Labute approximate surface area is 122 Å². The maximum Gasteiger partial charge on any atom is 0.124 e. The molecule has 0 aliphatic heterocycles. The third kappa shape index (κ3) is 4.78. The first-order valence-corrected chi connectivity index (χ1v) is 7.19. The number of nitrogens with one attached hydrogen (secondary N) is 1. The third-order valence-corrected chi connectivity index (χ3v) is 3.36. The van der Waals surface area contributed by atoms with Crippen molar-refractivity contribution in [3.63, 3.8) is 0 Å². The van der Waals surface area contributed by atoms with Crippen LogP contribution in [0.25, 0.3) is 0 Å². The van der Waals surface area contributed by atoms with Gasteiger partial charge in [0.2, 0.25) is 0 Å². The van der Waals surface area contributed by atoms with Crippen LogP contribution in [-0.2, 0) is 9.47 Å². The minimum Gasteiger partial charge on any atom is -0.491 e. The molecule has 20 heavy (non-hydrogen) atoms. The molecule has 0 saturated heterocycles. The zero-order chi connectivity index (χ0) is 14.8. The summed E-state index contributed by atoms with van der Waals surface area (Å²) in [6.07, 6.45) is 2.23. The molecule has 0 spiro atoms. The first kappa shape index (κ1) is 17.0. The second-order valence-electron chi connectivity index (χ2n) is 4.71. The van der Waals surface area contributed by atoms with Crippen molar-refractivity contribution in [3.05, 3.63) is 29.8 Å². The number of hydrogen-bond donors (Lipinski definition) is 1. The first-order chi connectivity index (χ1) is 9.78. The Balaban J connectivity index is 2.89. The highest BCUT2D eigenvalue weighted by atomic mass is 16.5. The van der Waals surface area contributed by atoms with Crippen LogP contribution in [0.4, 0.5) is 0 Å². The lowest BCUT2D eigenvalue weighted by Crippen LogP contribution is -2.31. The Bertz CT molecular complexity index is 370. The topological polar surface area (TPSA) is 39.7 Å². The van der Waals surface area contributed by atoms with Crippen LogP contribution in [0.2, 0.25) is 0 Å². The van der Waals surface area contributed by atoms with Crippen LogP contribution in [0.3, 0.4) is 0 Å². The van der Waals surface area contributed by atoms with Crippen LogP contribution in [-0.4, -0.2) is 40.6 Å². The van der Waals surface area contributed by atoms with E-state index in [4.69, 9.17) is 14.2 Å². The molecule has 1 aromatic carbocycles. The minimum absolute atomic E-state index is 0.124. The largest absolute Gasteiger partial charge is 0.491 e. The molecule has 0 amide bonds. The van der Waals surface area contributed by atoms with Gasteiger partial charge in [-0.2, -0.15) is 0 Å². The molecule has 0 saturated carbocycles. The lowest BCUT2D eigenvalue weighted by molar-refractivity contribution is 0.0616. The fourth-order valence-electron chi connectivity index (χ4n) is 2.35. The zero-order valence-electron chi connectivity index (χ0n) is 13.0. The highest BCUT2D eigenvalue weighted by Gasteiger charge is 2.23. The third-order valence-electron chi connectivity index (χ3n) is 3.36. The molecule has 114 valence electrons. The van der Waals surface area contributed by atoms with Crippen LogP contribution in [0.5, 0.6) is 5.75 Å². The van der Waals surface area contributed by atoms with Crippen LogP contribution in [0.1, 0.15) is 31.4 Å². The predicted molar refractivity (Wildman–Crippen MR) is 81.3 cm³/mol. The lowest BCUT2D eigenvalue weighted by atomic mass is 9.97. The summed E-state index contributed by atoms with van der Waals surface area (Å²) in [5.41, 5.74) is 1.13. The maximum atomic E-state index is 5.81. The molecule has 4 nitrogen and oxygen atoms in total. The molecule has 2 unspecified atom stereocenters. The summed E-state index contributed by atoms with van der Waals surface area (Å²) in [4.78, 5) is 0. The van der Waals surface area contributed by atoms with Gasteiger partial charge in [0.15, 0.2) is 0 Å². The number of hydrogen-bond acceptors (Lipinski definition) is 4. The fourth-order valence-corrected chi connectivity index (χ4v) is 2.35. The van der Waals surface area contributed by atoms with E-state index < -0.39 is 0 Å². The van der Waals surface area contributed by atoms with Crippen molar-refractivity contribution in [2.75, 3.05) is 34.5 Å². The van der Waals surface area contributed by atoms with E-state index in [1.54, 1.807) is 14.2 Å². The van der Waals surface area contributed by atoms with E-state index in [-0.39, 0.29) is 12.1 Å². The number of methoxy groups -OCH3 is 2. The van der Waals surface area contributed by atoms with Crippen molar-refractivity contribution >= 4 is 0 Å². The molecule has 4 heteroatoms. The summed E-state index contributed by atoms with van der Waals surface area (Å²) in [5.74, 6) is 0.891. The van der Waals surface area contributed by atoms with E-state index in [1.807, 2.05) is 25.2 Å². The SMILES string of the molecule is CCCC(OC)C(NC)c1ccccc1OCCOC. The molecular formula is C16H27NO3. The van der Waals surface area contributed by atoms with Gasteiger partial charge in [0.25, 0.3) is 0 Å². The minimum atomic E-state index is 0.124. The van der Waals surface area contributed by atoms with Crippen molar-refractivity contribution in [3.8, 4) is 5.75 Å². The average Bonchev–Trinajstić information content (AvgIpc) is 2.48. The summed E-state index contributed by atoms with van der Waals surface area (Å²) in [5, 5.41) is 3.35. The van der Waals surface area contributed by atoms with E-state index >= 15 is 0 Å². The molecule has 1 rings (SSSR count). The number of benzene rings is 1. The second-order valence-corrected chi connectivity index (χ2v) is 4.71. The molecule has 0 aromatic heterocycles. The smallest absolute Gasteiger partial charge is 0.124 e. The maximum absolute atomic E-state index is 5.81. The van der Waals surface area contributed by atoms with Crippen molar-refractivity contribution in [1.82, 2.24) is 5.32 Å². The van der Waals surface area contributed by atoms with Gasteiger partial charge >= 0.3 is 0 Å². The summed E-state index contributed by atoms with van der Waals surface area (Å²) >= 11 is 0. The molecule has 0 bridgehead atoms. The van der Waals surface area contributed by atoms with Gasteiger partial charge in [-0.25, -0.2) is 0 Å². The van der Waals surface area contributed by atoms with E-state index in [0.717, 1.165) is 24.2 Å². The van der Waals surface area contributed by atoms with E-state index in [1.165, 1.54) is 0 Å². The quantitative estimate of drug-likeness (QED) is 0.669. The Morgan fingerprint density at radius 1 is 1.15 bits per heavy atom. The van der Waals surface area contributed by atoms with Gasteiger partial charge in [-0.05, 0) is 19.5 Å². The normalized spacial score (nSPS) is 14.0. The zero-order valence-corrected chi connectivity index (χ0v) is 13.0. The Kier molecular flexibility index (Phi) is 8.26. The van der Waals surface area contributed by atoms with Gasteiger partial charge in [-0.15, -0.1) is 0 Å². The number of para-hydroxylation sites is 1. The van der Waals surface area contributed by atoms with Crippen LogP contribution in [0.15, 0.2) is 24.3 Å². The monoisotopic (exact) mass is 281 g/mol. The number of ether oxygens (including phenoxy) is 3. The Morgan fingerprint density at radius 3 is 2.50 bits per heavy atom. The Morgan fingerprint density at radius 2 is 1.90 bits per heavy atom. The molecule has 1 N–H and O–H groups in total. The van der Waals surface area contributed by atoms with Crippen molar-refractivity contribution < 1.29 is 14.2 Å². The second kappa shape index (κ2) is 9.75. The molecule has 2 atom stereocenters. The van der Waals surface area contributed by atoms with Gasteiger partial charge < -0.3 is 19.5 Å². The lowest BCUT2D eigenvalue weighted by Gasteiger charge is -2.27. The first-order valence-electron chi connectivity index (χ1n) is 7.19. The van der Waals surface area contributed by atoms with Crippen LogP contribution < -0.4 is 10.1 Å². The fraction of sp³-hybridized carbons (Fsp3) is 0.625. The molecule has 0 aliphatic carbocycles. The summed E-state index contributed by atoms with van der Waals surface area (Å²) in [7, 11) is 5.39. The highest BCUT2D eigenvalue weighted by Crippen LogP contribution is 2.29. The standard InChI is InChI=1S/C16H27NO3/c1-5-8-15(19-4)16(17-2)13-9-6-7-10-14(13)20-12-11-18-3/h6-7,9-10,15-17H,5,8,11-12H2,1-4H3. The predicted octanol–water partition coefficient (Wildman–Crippen LogP) is 2.79.